The minimum Gasteiger partial charge on any atom is -0.380 e. The molecule has 2 aromatic heterocycles. The second kappa shape index (κ2) is 6.65. The minimum absolute atomic E-state index is 0.0611. The second-order valence-electron chi connectivity index (χ2n) is 4.01. The van der Waals surface area contributed by atoms with E-state index >= 15 is 0 Å². The van der Waals surface area contributed by atoms with E-state index in [0.717, 1.165) is 23.1 Å². The molecule has 0 amide bonds. The minimum atomic E-state index is -0.561. The summed E-state index contributed by atoms with van der Waals surface area (Å²) in [6, 6.07) is 1.96. The molecule has 0 spiro atoms. The molecular formula is C11H10N6O3S2. The van der Waals surface area contributed by atoms with Gasteiger partial charge >= 0.3 is 0 Å². The van der Waals surface area contributed by atoms with E-state index in [1.165, 1.54) is 14.0 Å². The van der Waals surface area contributed by atoms with Crippen LogP contribution in [0.3, 0.4) is 0 Å². The van der Waals surface area contributed by atoms with Crippen LogP contribution in [-0.4, -0.2) is 27.2 Å². The average Bonchev–Trinajstić information content (AvgIpc) is 2.84. The molecule has 2 aromatic rings. The number of nitrogen functional groups attached to an aromatic ring is 1. The third-order valence-electron chi connectivity index (χ3n) is 2.60. The Morgan fingerprint density at radius 3 is 2.77 bits per heavy atom. The predicted molar refractivity (Wildman–Crippen MR) is 79.5 cm³/mol. The predicted octanol–water partition coefficient (Wildman–Crippen LogP) is 1.90. The van der Waals surface area contributed by atoms with Gasteiger partial charge in [-0.15, -0.1) is 10.2 Å². The first kappa shape index (κ1) is 16.1. The largest absolute Gasteiger partial charge is 0.380 e. The quantitative estimate of drug-likeness (QED) is 0.639. The first-order chi connectivity index (χ1) is 10.5. The van der Waals surface area contributed by atoms with Crippen LogP contribution in [0.15, 0.2) is 9.37 Å². The molecule has 22 heavy (non-hydrogen) atoms. The number of nitrogens with zero attached hydrogens (tertiary/aromatic N) is 5. The molecule has 0 aliphatic rings. The summed E-state index contributed by atoms with van der Waals surface area (Å²) in [7, 11) is 1.40. The van der Waals surface area contributed by atoms with Crippen LogP contribution in [0.2, 0.25) is 0 Å². The Balaban J connectivity index is 2.59. The SMILES string of the molecule is COCc1c(C#N)c(Sc2nnc(N)s2)nc(C)c1[N+](=O)[O-]. The Bertz CT molecular complexity index is 770. The second-order valence-corrected chi connectivity index (χ2v) is 6.26. The number of methoxy groups -OCH3 is 1. The number of nitriles is 1. The van der Waals surface area contributed by atoms with E-state index in [9.17, 15) is 15.4 Å². The van der Waals surface area contributed by atoms with Crippen molar-refractivity contribution in [1.29, 1.82) is 5.26 Å². The molecule has 2 rings (SSSR count). The number of ether oxygens (including phenoxy) is 1. The van der Waals surface area contributed by atoms with Crippen LogP contribution in [0.5, 0.6) is 0 Å². The monoisotopic (exact) mass is 338 g/mol. The molecule has 0 aliphatic heterocycles. The van der Waals surface area contributed by atoms with Crippen molar-refractivity contribution in [2.45, 2.75) is 22.9 Å². The molecule has 114 valence electrons. The number of aromatic nitrogens is 3. The van der Waals surface area contributed by atoms with Crippen molar-refractivity contribution in [3.63, 3.8) is 0 Å². The highest BCUT2D eigenvalue weighted by Crippen LogP contribution is 2.36. The summed E-state index contributed by atoms with van der Waals surface area (Å²) in [5.41, 5.74) is 5.80. The molecule has 2 N–H and O–H groups in total. The molecule has 9 nitrogen and oxygen atoms in total. The van der Waals surface area contributed by atoms with Gasteiger partial charge < -0.3 is 10.5 Å². The average molecular weight is 338 g/mol. The van der Waals surface area contributed by atoms with Crippen LogP contribution in [-0.2, 0) is 11.3 Å². The van der Waals surface area contributed by atoms with Crippen molar-refractivity contribution in [3.8, 4) is 6.07 Å². The van der Waals surface area contributed by atoms with E-state index in [0.29, 0.717) is 9.37 Å². The number of rotatable bonds is 5. The van der Waals surface area contributed by atoms with Crippen LogP contribution in [0.1, 0.15) is 16.8 Å². The lowest BCUT2D eigenvalue weighted by Crippen LogP contribution is -2.06. The number of hydrogen-bond acceptors (Lipinski definition) is 10. The van der Waals surface area contributed by atoms with E-state index in [1.807, 2.05) is 6.07 Å². The molecule has 2 heterocycles. The number of anilines is 1. The van der Waals surface area contributed by atoms with Gasteiger partial charge in [0.15, 0.2) is 4.34 Å². The van der Waals surface area contributed by atoms with Crippen molar-refractivity contribution in [3.05, 3.63) is 26.9 Å². The molecule has 0 radical (unpaired) electrons. The summed E-state index contributed by atoms with van der Waals surface area (Å²) in [6.07, 6.45) is 0. The third kappa shape index (κ3) is 3.14. The molecule has 0 aromatic carbocycles. The van der Waals surface area contributed by atoms with Crippen LogP contribution in [0.4, 0.5) is 10.8 Å². The maximum atomic E-state index is 11.2. The van der Waals surface area contributed by atoms with E-state index < -0.39 is 4.92 Å². The smallest absolute Gasteiger partial charge is 0.297 e. The molecule has 0 unspecified atom stereocenters. The van der Waals surface area contributed by atoms with Gasteiger partial charge in [0.2, 0.25) is 5.13 Å². The highest BCUT2D eigenvalue weighted by Gasteiger charge is 2.26. The van der Waals surface area contributed by atoms with E-state index in [4.69, 9.17) is 10.5 Å². The summed E-state index contributed by atoms with van der Waals surface area (Å²) in [6.45, 7) is 1.45. The summed E-state index contributed by atoms with van der Waals surface area (Å²) < 4.78 is 5.49. The zero-order chi connectivity index (χ0) is 16.3. The first-order valence-corrected chi connectivity index (χ1v) is 7.45. The van der Waals surface area contributed by atoms with Gasteiger partial charge in [0.05, 0.1) is 22.7 Å². The first-order valence-electron chi connectivity index (χ1n) is 5.81. The van der Waals surface area contributed by atoms with E-state index in [2.05, 4.69) is 15.2 Å². The van der Waals surface area contributed by atoms with Crippen LogP contribution < -0.4 is 5.73 Å². The summed E-state index contributed by atoms with van der Waals surface area (Å²) in [4.78, 5) is 14.8. The zero-order valence-electron chi connectivity index (χ0n) is 11.6. The number of aryl methyl sites for hydroxylation is 1. The number of nitro groups is 1. The lowest BCUT2D eigenvalue weighted by Gasteiger charge is -2.09. The van der Waals surface area contributed by atoms with Crippen LogP contribution in [0.25, 0.3) is 0 Å². The zero-order valence-corrected chi connectivity index (χ0v) is 13.2. The molecule has 0 aliphatic carbocycles. The van der Waals surface area contributed by atoms with Crippen LogP contribution >= 0.6 is 23.1 Å². The number of nitrogens with two attached hydrogens (primary N) is 1. The van der Waals surface area contributed by atoms with Crippen molar-refractivity contribution < 1.29 is 9.66 Å². The third-order valence-corrected chi connectivity index (χ3v) is 4.39. The fourth-order valence-corrected chi connectivity index (χ4v) is 3.49. The Hall–Kier alpha value is -2.29. The van der Waals surface area contributed by atoms with Gasteiger partial charge in [-0.25, -0.2) is 4.98 Å². The molecule has 0 atom stereocenters. The van der Waals surface area contributed by atoms with Crippen molar-refractivity contribution in [2.24, 2.45) is 0 Å². The molecule has 11 heteroatoms. The lowest BCUT2D eigenvalue weighted by molar-refractivity contribution is -0.386. The van der Waals surface area contributed by atoms with Crippen LogP contribution in [0, 0.1) is 28.4 Å². The summed E-state index contributed by atoms with van der Waals surface area (Å²) in [5, 5.41) is 28.7. The summed E-state index contributed by atoms with van der Waals surface area (Å²) >= 11 is 2.23. The van der Waals surface area contributed by atoms with Gasteiger partial charge in [-0.2, -0.15) is 5.26 Å². The van der Waals surface area contributed by atoms with Gasteiger partial charge in [0, 0.05) is 7.11 Å². The fourth-order valence-electron chi connectivity index (χ4n) is 1.79. The highest BCUT2D eigenvalue weighted by molar-refractivity contribution is 8.01. The fraction of sp³-hybridized carbons (Fsp3) is 0.273. The van der Waals surface area contributed by atoms with Gasteiger partial charge in [0.25, 0.3) is 5.69 Å². The summed E-state index contributed by atoms with van der Waals surface area (Å²) in [5.74, 6) is 0. The Morgan fingerprint density at radius 2 is 2.27 bits per heavy atom. The van der Waals surface area contributed by atoms with Gasteiger partial charge in [-0.1, -0.05) is 11.3 Å². The van der Waals surface area contributed by atoms with E-state index in [-0.39, 0.29) is 34.2 Å². The van der Waals surface area contributed by atoms with Crippen molar-refractivity contribution >= 4 is 33.9 Å². The van der Waals surface area contributed by atoms with Crippen molar-refractivity contribution in [2.75, 3.05) is 12.8 Å². The standard InChI is InChI=1S/C11H10N6O3S2/c1-5-8(17(18)19)7(4-20-2)6(3-12)9(14-5)21-11-16-15-10(13)22-11/h4H2,1-2H3,(H2,13,15). The van der Waals surface area contributed by atoms with Gasteiger partial charge in [-0.05, 0) is 18.7 Å². The number of hydrogen-bond donors (Lipinski definition) is 1. The van der Waals surface area contributed by atoms with Gasteiger partial charge in [0.1, 0.15) is 16.8 Å². The highest BCUT2D eigenvalue weighted by atomic mass is 32.2. The molecular weight excluding hydrogens is 328 g/mol. The Kier molecular flexibility index (Phi) is 4.86. The lowest BCUT2D eigenvalue weighted by atomic mass is 10.1. The number of pyridine rings is 1. The topological polar surface area (TPSA) is 141 Å². The molecule has 0 saturated heterocycles. The maximum absolute atomic E-state index is 11.2. The Morgan fingerprint density at radius 1 is 1.55 bits per heavy atom. The van der Waals surface area contributed by atoms with Gasteiger partial charge in [-0.3, -0.25) is 10.1 Å². The maximum Gasteiger partial charge on any atom is 0.297 e. The normalized spacial score (nSPS) is 10.4. The van der Waals surface area contributed by atoms with Crippen molar-refractivity contribution in [1.82, 2.24) is 15.2 Å². The Labute approximate surface area is 133 Å². The van der Waals surface area contributed by atoms with E-state index in [1.54, 1.807) is 0 Å². The molecule has 0 saturated carbocycles. The molecule has 0 fully saturated rings. The molecule has 0 bridgehead atoms.